The number of hydrogen-bond donors (Lipinski definition) is 0. The molecular weight excluding hydrogens is 769 g/mol. The van der Waals surface area contributed by atoms with E-state index in [-0.39, 0.29) is 0 Å². The minimum absolute atomic E-state index is 0.659. The molecule has 8 rings (SSSR count). The highest BCUT2D eigenvalue weighted by Crippen LogP contribution is 2.37. The molecule has 0 atom stereocenters. The fraction of sp³-hybridized carbons (Fsp3) is 0.156. The third-order valence-electron chi connectivity index (χ3n) is 11.5. The average Bonchev–Trinajstić information content (AvgIpc) is 3.37. The molecule has 7 aromatic rings. The topological polar surface area (TPSA) is 0 Å². The molecule has 0 heterocycles. The molecule has 0 aromatic heterocycles. The summed E-state index contributed by atoms with van der Waals surface area (Å²) in [5.41, 5.74) is 20.5. The minimum Gasteiger partial charge on any atom is -0.0911 e. The molecule has 1 aliphatic carbocycles. The molecule has 0 bridgehead atoms. The zero-order valence-electron chi connectivity index (χ0n) is 39.0. The summed E-state index contributed by atoms with van der Waals surface area (Å²) in [4.78, 5) is 0. The van der Waals surface area contributed by atoms with Crippen LogP contribution in [0.2, 0.25) is 0 Å². The zero-order chi connectivity index (χ0) is 45.3. The molecule has 0 saturated heterocycles. The molecule has 320 valence electrons. The van der Waals surface area contributed by atoms with Crippen LogP contribution in [-0.4, -0.2) is 0 Å². The predicted molar refractivity (Wildman–Crippen MR) is 284 cm³/mol. The Morgan fingerprint density at radius 2 is 1.03 bits per heavy atom. The van der Waals surface area contributed by atoms with E-state index in [4.69, 9.17) is 0 Å². The lowest BCUT2D eigenvalue weighted by Crippen LogP contribution is -1.91. The van der Waals surface area contributed by atoms with Gasteiger partial charge in [0, 0.05) is 0 Å². The summed E-state index contributed by atoms with van der Waals surface area (Å²) >= 11 is 0. The van der Waals surface area contributed by atoms with Crippen LogP contribution < -0.4 is 0 Å². The van der Waals surface area contributed by atoms with Crippen LogP contribution in [0.3, 0.4) is 0 Å². The van der Waals surface area contributed by atoms with E-state index in [2.05, 4.69) is 254 Å². The lowest BCUT2D eigenvalue weighted by atomic mass is 9.89. The molecule has 0 N–H and O–H groups in total. The van der Waals surface area contributed by atoms with Gasteiger partial charge in [-0.1, -0.05) is 228 Å². The van der Waals surface area contributed by atoms with Crippen molar-refractivity contribution in [2.24, 2.45) is 0 Å². The Bertz CT molecular complexity index is 2800. The Hall–Kier alpha value is -7.02. The average molecular weight is 833 g/mol. The van der Waals surface area contributed by atoms with Gasteiger partial charge < -0.3 is 0 Å². The van der Waals surface area contributed by atoms with Gasteiger partial charge in [-0.15, -0.1) is 0 Å². The van der Waals surface area contributed by atoms with E-state index in [1.165, 1.54) is 83.5 Å². The maximum absolute atomic E-state index is 4.62. The summed E-state index contributed by atoms with van der Waals surface area (Å²) in [6.45, 7) is 19.4. The van der Waals surface area contributed by atoms with Gasteiger partial charge in [-0.3, -0.25) is 0 Å². The lowest BCUT2D eigenvalue weighted by molar-refractivity contribution is 0.867. The third-order valence-corrected chi connectivity index (χ3v) is 11.5. The van der Waals surface area contributed by atoms with Crippen molar-refractivity contribution in [1.29, 1.82) is 0 Å². The molecule has 7 aromatic carbocycles. The van der Waals surface area contributed by atoms with Crippen LogP contribution in [0.1, 0.15) is 95.0 Å². The second kappa shape index (κ2) is 23.4. The molecule has 0 amide bonds. The molecule has 0 unspecified atom stereocenters. The predicted octanol–water partition coefficient (Wildman–Crippen LogP) is 19.0. The SMILES string of the molecule is C=C(/C=C(\C)c1ccccc1-c1cccc(-c2cccc(C3=CCCC=C3)c2)c1)c1ccccc1-c1cccc(-c2cccc(C(/C=C\C)=C/C)c2)c1.CC.CC(C)c1ccccc1. The van der Waals surface area contributed by atoms with Crippen LogP contribution >= 0.6 is 0 Å². The summed E-state index contributed by atoms with van der Waals surface area (Å²) in [6.07, 6.45) is 17.7. The van der Waals surface area contributed by atoms with E-state index in [1.54, 1.807) is 0 Å². The molecular formula is C64H64. The first-order valence-electron chi connectivity index (χ1n) is 23.0. The highest BCUT2D eigenvalue weighted by Gasteiger charge is 2.13. The summed E-state index contributed by atoms with van der Waals surface area (Å²) in [6, 6.07) is 63.4. The summed E-state index contributed by atoms with van der Waals surface area (Å²) in [5, 5.41) is 0. The van der Waals surface area contributed by atoms with Crippen molar-refractivity contribution in [3.63, 3.8) is 0 Å². The first-order chi connectivity index (χ1) is 31.3. The van der Waals surface area contributed by atoms with Crippen molar-refractivity contribution in [2.75, 3.05) is 0 Å². The Kier molecular flexibility index (Phi) is 17.0. The van der Waals surface area contributed by atoms with Crippen molar-refractivity contribution >= 4 is 22.3 Å². The lowest BCUT2D eigenvalue weighted by Gasteiger charge is -2.15. The molecule has 0 aliphatic heterocycles. The molecule has 0 saturated carbocycles. The minimum atomic E-state index is 0.659. The van der Waals surface area contributed by atoms with Gasteiger partial charge >= 0.3 is 0 Å². The highest BCUT2D eigenvalue weighted by molar-refractivity contribution is 5.92. The highest BCUT2D eigenvalue weighted by atomic mass is 14.2. The standard InChI is InChI=1S/C53H46.C9H12.C2H6/c1-5-18-40(6-2)42-21-14-23-44(34-42)46-25-16-27-48(36-46)52-31-12-10-29-50(52)38(3)33-39(4)51-30-11-13-32-53(51)49-28-17-26-47(37-49)45-24-15-22-43(35-45)41-19-8-7-9-20-41;1-8(2)9-6-4-3-5-7-9;1-2/h5-6,8,10-37H,3,7,9H2,1-2,4H3;3-8H,1-2H3;1-2H3/b18-5-,39-33+,40-6+;;. The Morgan fingerprint density at radius 1 is 0.531 bits per heavy atom. The summed E-state index contributed by atoms with van der Waals surface area (Å²) < 4.78 is 0. The number of hydrogen-bond acceptors (Lipinski definition) is 0. The molecule has 0 fully saturated rings. The number of benzene rings is 7. The Labute approximate surface area is 385 Å². The first kappa shape index (κ1) is 46.5. The molecule has 1 aliphatic rings. The van der Waals surface area contributed by atoms with Gasteiger partial charge in [0.15, 0.2) is 0 Å². The van der Waals surface area contributed by atoms with Crippen molar-refractivity contribution in [3.8, 4) is 44.5 Å². The van der Waals surface area contributed by atoms with E-state index in [0.29, 0.717) is 5.92 Å². The first-order valence-corrected chi connectivity index (χ1v) is 23.0. The van der Waals surface area contributed by atoms with Gasteiger partial charge in [-0.05, 0) is 158 Å². The fourth-order valence-electron chi connectivity index (χ4n) is 8.20. The molecule has 0 nitrogen and oxygen atoms in total. The van der Waals surface area contributed by atoms with Gasteiger partial charge in [0.2, 0.25) is 0 Å². The van der Waals surface area contributed by atoms with Crippen molar-refractivity contribution in [1.82, 2.24) is 0 Å². The third kappa shape index (κ3) is 11.9. The van der Waals surface area contributed by atoms with Gasteiger partial charge in [0.1, 0.15) is 0 Å². The quantitative estimate of drug-likeness (QED) is 0.114. The summed E-state index contributed by atoms with van der Waals surface area (Å²) in [7, 11) is 0. The molecule has 0 spiro atoms. The van der Waals surface area contributed by atoms with Crippen LogP contribution in [0.4, 0.5) is 0 Å². The van der Waals surface area contributed by atoms with Gasteiger partial charge in [0.05, 0.1) is 0 Å². The number of allylic oxidation sites excluding steroid dienone is 11. The van der Waals surface area contributed by atoms with Gasteiger partial charge in [-0.25, -0.2) is 0 Å². The van der Waals surface area contributed by atoms with Crippen molar-refractivity contribution in [3.05, 3.63) is 253 Å². The molecule has 0 heteroatoms. The second-order valence-electron chi connectivity index (χ2n) is 16.2. The normalized spacial score (nSPS) is 12.5. The fourth-order valence-corrected chi connectivity index (χ4v) is 8.20. The number of rotatable bonds is 11. The monoisotopic (exact) mass is 833 g/mol. The Morgan fingerprint density at radius 3 is 1.58 bits per heavy atom. The van der Waals surface area contributed by atoms with E-state index >= 15 is 0 Å². The molecule has 0 radical (unpaired) electrons. The Balaban J connectivity index is 0.000000546. The van der Waals surface area contributed by atoms with Crippen LogP contribution in [0.25, 0.3) is 66.8 Å². The second-order valence-corrected chi connectivity index (χ2v) is 16.2. The molecule has 64 heavy (non-hydrogen) atoms. The van der Waals surface area contributed by atoms with E-state index in [1.807, 2.05) is 19.9 Å². The largest absolute Gasteiger partial charge is 0.0911 e. The van der Waals surface area contributed by atoms with Crippen molar-refractivity contribution < 1.29 is 0 Å². The van der Waals surface area contributed by atoms with E-state index in [9.17, 15) is 0 Å². The maximum Gasteiger partial charge on any atom is -0.0105 e. The van der Waals surface area contributed by atoms with E-state index in [0.717, 1.165) is 24.0 Å². The van der Waals surface area contributed by atoms with Gasteiger partial charge in [-0.2, -0.15) is 0 Å². The maximum atomic E-state index is 4.62. The van der Waals surface area contributed by atoms with Crippen molar-refractivity contribution in [2.45, 2.75) is 67.2 Å². The summed E-state index contributed by atoms with van der Waals surface area (Å²) in [5.74, 6) is 0.659. The van der Waals surface area contributed by atoms with Crippen LogP contribution in [-0.2, 0) is 0 Å². The van der Waals surface area contributed by atoms with Gasteiger partial charge in [0.25, 0.3) is 0 Å². The van der Waals surface area contributed by atoms with Crippen LogP contribution in [0.15, 0.2) is 225 Å². The van der Waals surface area contributed by atoms with Crippen LogP contribution in [0.5, 0.6) is 0 Å². The van der Waals surface area contributed by atoms with Crippen LogP contribution in [0, 0.1) is 0 Å². The smallest absolute Gasteiger partial charge is 0.0105 e. The zero-order valence-corrected chi connectivity index (χ0v) is 39.0. The van der Waals surface area contributed by atoms with E-state index < -0.39 is 0 Å².